The molecule has 94 valence electrons. The van der Waals surface area contributed by atoms with Crippen LogP contribution in [0.15, 0.2) is 18.2 Å². The summed E-state index contributed by atoms with van der Waals surface area (Å²) < 4.78 is 0. The van der Waals surface area contributed by atoms with E-state index in [0.29, 0.717) is 12.0 Å². The highest BCUT2D eigenvalue weighted by molar-refractivity contribution is 5.33. The van der Waals surface area contributed by atoms with Gasteiger partial charge in [-0.15, -0.1) is 0 Å². The highest BCUT2D eigenvalue weighted by Gasteiger charge is 2.31. The van der Waals surface area contributed by atoms with Crippen LogP contribution in [0.5, 0.6) is 0 Å². The number of hydrazine groups is 1. The number of hydrogen-bond acceptors (Lipinski definition) is 2. The van der Waals surface area contributed by atoms with E-state index in [1.807, 2.05) is 0 Å². The molecule has 1 aliphatic rings. The fourth-order valence-corrected chi connectivity index (χ4v) is 3.29. The Kier molecular flexibility index (Phi) is 3.85. The van der Waals surface area contributed by atoms with Gasteiger partial charge in [0.25, 0.3) is 0 Å². The molecule has 17 heavy (non-hydrogen) atoms. The van der Waals surface area contributed by atoms with Crippen molar-refractivity contribution in [3.05, 3.63) is 34.9 Å². The Morgan fingerprint density at radius 3 is 2.59 bits per heavy atom. The molecule has 0 bridgehead atoms. The van der Waals surface area contributed by atoms with Gasteiger partial charge < -0.3 is 0 Å². The molecule has 1 aromatic carbocycles. The van der Waals surface area contributed by atoms with Crippen molar-refractivity contribution in [2.75, 3.05) is 0 Å². The van der Waals surface area contributed by atoms with E-state index in [1.54, 1.807) is 0 Å². The zero-order valence-electron chi connectivity index (χ0n) is 11.2. The maximum atomic E-state index is 5.80. The lowest BCUT2D eigenvalue weighted by Crippen LogP contribution is -2.35. The van der Waals surface area contributed by atoms with E-state index in [0.717, 1.165) is 5.92 Å². The smallest absolute Gasteiger partial charge is 0.0493 e. The minimum Gasteiger partial charge on any atom is -0.271 e. The molecule has 0 heterocycles. The fourth-order valence-electron chi connectivity index (χ4n) is 3.29. The van der Waals surface area contributed by atoms with Crippen molar-refractivity contribution in [2.45, 2.75) is 46.1 Å². The Morgan fingerprint density at radius 2 is 2.06 bits per heavy atom. The highest BCUT2D eigenvalue weighted by atomic mass is 15.2. The number of nitrogens with two attached hydrogens (primary N) is 1. The first-order valence-electron chi connectivity index (χ1n) is 6.66. The normalized spacial score (nSPS) is 26.1. The van der Waals surface area contributed by atoms with Gasteiger partial charge in [0.05, 0.1) is 0 Å². The van der Waals surface area contributed by atoms with E-state index >= 15 is 0 Å². The molecule has 3 unspecified atom stereocenters. The molecular weight excluding hydrogens is 208 g/mol. The summed E-state index contributed by atoms with van der Waals surface area (Å²) in [7, 11) is 0. The molecule has 3 N–H and O–H groups in total. The van der Waals surface area contributed by atoms with Gasteiger partial charge in [0.15, 0.2) is 0 Å². The molecule has 2 nitrogen and oxygen atoms in total. The van der Waals surface area contributed by atoms with Crippen molar-refractivity contribution in [1.82, 2.24) is 5.43 Å². The van der Waals surface area contributed by atoms with Gasteiger partial charge in [-0.25, -0.2) is 0 Å². The Balaban J connectivity index is 2.28. The summed E-state index contributed by atoms with van der Waals surface area (Å²) in [5, 5.41) is 0. The van der Waals surface area contributed by atoms with Gasteiger partial charge in [0, 0.05) is 6.04 Å². The first-order chi connectivity index (χ1) is 8.13. The van der Waals surface area contributed by atoms with Gasteiger partial charge in [-0.1, -0.05) is 43.5 Å². The average Bonchev–Trinajstić information content (AvgIpc) is 2.69. The second-order valence-electron chi connectivity index (χ2n) is 5.58. The Hall–Kier alpha value is -0.860. The molecule has 1 aromatic rings. The molecule has 0 aliphatic heterocycles. The van der Waals surface area contributed by atoms with Gasteiger partial charge in [-0.2, -0.15) is 0 Å². The van der Waals surface area contributed by atoms with Crippen LogP contribution in [-0.2, 0) is 0 Å². The number of aryl methyl sites for hydroxylation is 2. The van der Waals surface area contributed by atoms with Crippen LogP contribution < -0.4 is 11.3 Å². The van der Waals surface area contributed by atoms with Crippen LogP contribution in [0.3, 0.4) is 0 Å². The van der Waals surface area contributed by atoms with Crippen molar-refractivity contribution in [2.24, 2.45) is 17.7 Å². The van der Waals surface area contributed by atoms with Crippen LogP contribution in [0, 0.1) is 25.7 Å². The van der Waals surface area contributed by atoms with Crippen LogP contribution in [0.4, 0.5) is 0 Å². The molecule has 1 saturated carbocycles. The lowest BCUT2D eigenvalue weighted by Gasteiger charge is -2.28. The summed E-state index contributed by atoms with van der Waals surface area (Å²) in [6.45, 7) is 6.68. The first-order valence-corrected chi connectivity index (χ1v) is 6.66. The Bertz CT molecular complexity index is 387. The lowest BCUT2D eigenvalue weighted by molar-refractivity contribution is 0.304. The summed E-state index contributed by atoms with van der Waals surface area (Å²) in [6, 6.07) is 6.99. The van der Waals surface area contributed by atoms with Gasteiger partial charge in [-0.3, -0.25) is 11.3 Å². The summed E-state index contributed by atoms with van der Waals surface area (Å²) in [5.74, 6) is 7.26. The van der Waals surface area contributed by atoms with Gasteiger partial charge in [0.1, 0.15) is 0 Å². The van der Waals surface area contributed by atoms with E-state index in [4.69, 9.17) is 5.84 Å². The van der Waals surface area contributed by atoms with E-state index in [9.17, 15) is 0 Å². The van der Waals surface area contributed by atoms with Crippen LogP contribution in [0.2, 0.25) is 0 Å². The molecule has 0 radical (unpaired) electrons. The SMILES string of the molecule is Cc1ccc(C(NN)C2CCCC2C)c(C)c1. The third kappa shape index (κ3) is 2.53. The zero-order valence-corrected chi connectivity index (χ0v) is 11.2. The molecule has 0 spiro atoms. The fraction of sp³-hybridized carbons (Fsp3) is 0.600. The van der Waals surface area contributed by atoms with Crippen LogP contribution in [0.1, 0.15) is 48.9 Å². The number of benzene rings is 1. The molecule has 0 aromatic heterocycles. The van der Waals surface area contributed by atoms with Crippen molar-refractivity contribution < 1.29 is 0 Å². The lowest BCUT2D eigenvalue weighted by atomic mass is 9.84. The molecule has 0 amide bonds. The van der Waals surface area contributed by atoms with E-state index in [1.165, 1.54) is 36.0 Å². The molecule has 2 heteroatoms. The van der Waals surface area contributed by atoms with Crippen LogP contribution in [0.25, 0.3) is 0 Å². The second kappa shape index (κ2) is 5.19. The maximum absolute atomic E-state index is 5.80. The van der Waals surface area contributed by atoms with Crippen molar-refractivity contribution in [1.29, 1.82) is 0 Å². The quantitative estimate of drug-likeness (QED) is 0.620. The largest absolute Gasteiger partial charge is 0.271 e. The standard InChI is InChI=1S/C15H24N2/c1-10-7-8-14(12(3)9-10)15(17-16)13-6-4-5-11(13)2/h7-9,11,13,15,17H,4-6,16H2,1-3H3. The number of hydrogen-bond donors (Lipinski definition) is 2. The average molecular weight is 232 g/mol. The Labute approximate surface area is 105 Å². The first kappa shape index (κ1) is 12.6. The van der Waals surface area contributed by atoms with Crippen molar-refractivity contribution in [3.8, 4) is 0 Å². The minimum atomic E-state index is 0.313. The number of rotatable bonds is 3. The van der Waals surface area contributed by atoms with Crippen LogP contribution in [-0.4, -0.2) is 0 Å². The minimum absolute atomic E-state index is 0.313. The van der Waals surface area contributed by atoms with E-state index < -0.39 is 0 Å². The molecule has 1 aliphatic carbocycles. The van der Waals surface area contributed by atoms with Gasteiger partial charge in [0.2, 0.25) is 0 Å². The number of nitrogens with one attached hydrogen (secondary N) is 1. The summed E-state index contributed by atoms with van der Waals surface area (Å²) in [4.78, 5) is 0. The maximum Gasteiger partial charge on any atom is 0.0493 e. The monoisotopic (exact) mass is 232 g/mol. The molecule has 3 atom stereocenters. The molecule has 2 rings (SSSR count). The van der Waals surface area contributed by atoms with Crippen molar-refractivity contribution >= 4 is 0 Å². The molecule has 0 saturated heterocycles. The highest BCUT2D eigenvalue weighted by Crippen LogP contribution is 2.40. The van der Waals surface area contributed by atoms with Gasteiger partial charge in [-0.05, 0) is 43.2 Å². The second-order valence-corrected chi connectivity index (χ2v) is 5.58. The molecule has 1 fully saturated rings. The summed E-state index contributed by atoms with van der Waals surface area (Å²) in [6.07, 6.45) is 3.98. The van der Waals surface area contributed by atoms with E-state index in [2.05, 4.69) is 44.4 Å². The Morgan fingerprint density at radius 1 is 1.29 bits per heavy atom. The molecular formula is C15H24N2. The van der Waals surface area contributed by atoms with Crippen LogP contribution >= 0.6 is 0 Å². The third-order valence-corrected chi connectivity index (χ3v) is 4.30. The predicted octanol–water partition coefficient (Wildman–Crippen LogP) is 3.24. The zero-order chi connectivity index (χ0) is 12.4. The topological polar surface area (TPSA) is 38.0 Å². The summed E-state index contributed by atoms with van der Waals surface area (Å²) in [5.41, 5.74) is 7.10. The van der Waals surface area contributed by atoms with Crippen molar-refractivity contribution in [3.63, 3.8) is 0 Å². The van der Waals surface area contributed by atoms with Gasteiger partial charge >= 0.3 is 0 Å². The predicted molar refractivity (Wildman–Crippen MR) is 72.5 cm³/mol. The third-order valence-electron chi connectivity index (χ3n) is 4.30. The van der Waals surface area contributed by atoms with E-state index in [-0.39, 0.29) is 0 Å². The summed E-state index contributed by atoms with van der Waals surface area (Å²) >= 11 is 0.